The molecule has 5 nitrogen and oxygen atoms in total. The number of rotatable bonds is 4. The van der Waals surface area contributed by atoms with Crippen LogP contribution in [0.15, 0.2) is 28.7 Å². The molecule has 0 atom stereocenters. The number of aromatic nitrogens is 2. The molecule has 0 aliphatic heterocycles. The van der Waals surface area contributed by atoms with Crippen LogP contribution in [0.25, 0.3) is 0 Å². The Hall–Kier alpha value is -1.95. The van der Waals surface area contributed by atoms with Crippen LogP contribution in [0.1, 0.15) is 11.5 Å². The molecule has 84 valence electrons. The number of benzene rings is 1. The third-order valence-corrected chi connectivity index (χ3v) is 2.00. The van der Waals surface area contributed by atoms with E-state index >= 15 is 0 Å². The van der Waals surface area contributed by atoms with Gasteiger partial charge in [0.25, 0.3) is 0 Å². The van der Waals surface area contributed by atoms with Crippen LogP contribution < -0.4 is 11.1 Å². The zero-order valence-electron chi connectivity index (χ0n) is 8.48. The Kier molecular flexibility index (Phi) is 3.11. The number of nitrogens with two attached hydrogens (primary N) is 1. The quantitative estimate of drug-likeness (QED) is 0.814. The zero-order valence-corrected chi connectivity index (χ0v) is 8.48. The summed E-state index contributed by atoms with van der Waals surface area (Å²) >= 11 is 0. The van der Waals surface area contributed by atoms with E-state index < -0.39 is 0 Å². The summed E-state index contributed by atoms with van der Waals surface area (Å²) in [7, 11) is 0. The number of hydrogen-bond donors (Lipinski definition) is 2. The predicted octanol–water partition coefficient (Wildman–Crippen LogP) is 1.28. The first-order chi connectivity index (χ1) is 7.78. The first kappa shape index (κ1) is 10.6. The number of nitrogens with zero attached hydrogens (tertiary/aromatic N) is 2. The maximum Gasteiger partial charge on any atom is 0.315 e. The fraction of sp³-hybridized carbons (Fsp3) is 0.200. The number of nitrogens with one attached hydrogen (secondary N) is 1. The first-order valence-electron chi connectivity index (χ1n) is 4.78. The van der Waals surface area contributed by atoms with E-state index in [2.05, 4.69) is 15.5 Å². The smallest absolute Gasteiger partial charge is 0.315 e. The van der Waals surface area contributed by atoms with E-state index in [1.807, 2.05) is 0 Å². The lowest BCUT2D eigenvalue weighted by Crippen LogP contribution is -1.99. The monoisotopic (exact) mass is 222 g/mol. The molecule has 0 unspecified atom stereocenters. The van der Waals surface area contributed by atoms with Crippen LogP contribution in [-0.2, 0) is 13.1 Å². The lowest BCUT2D eigenvalue weighted by molar-refractivity contribution is 0.507. The zero-order chi connectivity index (χ0) is 11.4. The van der Waals surface area contributed by atoms with Crippen LogP contribution in [0.5, 0.6) is 0 Å². The van der Waals surface area contributed by atoms with Gasteiger partial charge in [-0.05, 0) is 17.7 Å². The summed E-state index contributed by atoms with van der Waals surface area (Å²) in [6.45, 7) is 0.706. The van der Waals surface area contributed by atoms with Crippen LogP contribution in [0.4, 0.5) is 10.4 Å². The highest BCUT2D eigenvalue weighted by Gasteiger charge is 2.03. The standard InChI is InChI=1S/C10H11FN4O/c11-8-3-1-7(2-4-8)6-13-10-15-14-9(5-12)16-10/h1-4H,5-6,12H2,(H,13,15). The molecule has 6 heteroatoms. The molecule has 0 bridgehead atoms. The minimum Gasteiger partial charge on any atom is -0.407 e. The highest BCUT2D eigenvalue weighted by molar-refractivity contribution is 5.23. The van der Waals surface area contributed by atoms with Gasteiger partial charge in [-0.2, -0.15) is 0 Å². The van der Waals surface area contributed by atoms with Gasteiger partial charge in [0.15, 0.2) is 0 Å². The van der Waals surface area contributed by atoms with Crippen LogP contribution in [0, 0.1) is 5.82 Å². The van der Waals surface area contributed by atoms with E-state index in [0.717, 1.165) is 5.56 Å². The van der Waals surface area contributed by atoms with E-state index in [4.69, 9.17) is 10.2 Å². The van der Waals surface area contributed by atoms with Crippen molar-refractivity contribution >= 4 is 6.01 Å². The molecule has 0 aliphatic rings. The molecule has 2 aromatic rings. The Morgan fingerprint density at radius 2 is 2.00 bits per heavy atom. The van der Waals surface area contributed by atoms with Crippen molar-refractivity contribution in [1.82, 2.24) is 10.2 Å². The maximum atomic E-state index is 12.6. The Bertz CT molecular complexity index is 454. The van der Waals surface area contributed by atoms with Crippen LogP contribution in [-0.4, -0.2) is 10.2 Å². The van der Waals surface area contributed by atoms with Crippen molar-refractivity contribution in [2.75, 3.05) is 5.32 Å². The van der Waals surface area contributed by atoms with Gasteiger partial charge in [-0.3, -0.25) is 0 Å². The largest absolute Gasteiger partial charge is 0.407 e. The van der Waals surface area contributed by atoms with E-state index in [-0.39, 0.29) is 12.4 Å². The molecule has 0 aliphatic carbocycles. The minimum atomic E-state index is -0.257. The summed E-state index contributed by atoms with van der Waals surface area (Å²) in [5.74, 6) is 0.119. The van der Waals surface area contributed by atoms with Crippen molar-refractivity contribution in [1.29, 1.82) is 0 Å². The van der Waals surface area contributed by atoms with Crippen molar-refractivity contribution in [2.45, 2.75) is 13.1 Å². The summed E-state index contributed by atoms with van der Waals surface area (Å²) in [6, 6.07) is 6.47. The molecule has 0 spiro atoms. The molecule has 1 aromatic carbocycles. The molecule has 0 amide bonds. The average molecular weight is 222 g/mol. The molecular weight excluding hydrogens is 211 g/mol. The molecule has 0 fully saturated rings. The van der Waals surface area contributed by atoms with Gasteiger partial charge in [-0.25, -0.2) is 4.39 Å². The van der Waals surface area contributed by atoms with E-state index in [9.17, 15) is 4.39 Å². The molecular formula is C10H11FN4O. The van der Waals surface area contributed by atoms with Crippen LogP contribution >= 0.6 is 0 Å². The van der Waals surface area contributed by atoms with Crippen molar-refractivity contribution in [3.05, 3.63) is 41.5 Å². The van der Waals surface area contributed by atoms with Gasteiger partial charge in [-0.1, -0.05) is 17.2 Å². The summed E-state index contributed by atoms with van der Waals surface area (Å²) in [5, 5.41) is 10.4. The molecule has 1 heterocycles. The lowest BCUT2D eigenvalue weighted by atomic mass is 10.2. The maximum absolute atomic E-state index is 12.6. The summed E-state index contributed by atoms with van der Waals surface area (Å²) < 4.78 is 17.8. The van der Waals surface area contributed by atoms with Crippen molar-refractivity contribution in [3.8, 4) is 0 Å². The van der Waals surface area contributed by atoms with Gasteiger partial charge < -0.3 is 15.5 Å². The molecule has 0 radical (unpaired) electrons. The summed E-state index contributed by atoms with van der Waals surface area (Å²) in [6.07, 6.45) is 0. The van der Waals surface area contributed by atoms with Crippen molar-refractivity contribution in [2.24, 2.45) is 5.73 Å². The highest BCUT2D eigenvalue weighted by atomic mass is 19.1. The molecule has 16 heavy (non-hydrogen) atoms. The molecule has 0 saturated heterocycles. The normalized spacial score (nSPS) is 10.4. The molecule has 0 saturated carbocycles. The number of anilines is 1. The third kappa shape index (κ3) is 2.54. The Labute approximate surface area is 91.5 Å². The Balaban J connectivity index is 1.94. The topological polar surface area (TPSA) is 77.0 Å². The van der Waals surface area contributed by atoms with Crippen LogP contribution in [0.2, 0.25) is 0 Å². The SMILES string of the molecule is NCc1nnc(NCc2ccc(F)cc2)o1. The van der Waals surface area contributed by atoms with Gasteiger partial charge in [0.2, 0.25) is 5.89 Å². The second kappa shape index (κ2) is 4.71. The molecule has 3 N–H and O–H groups in total. The van der Waals surface area contributed by atoms with Crippen molar-refractivity contribution in [3.63, 3.8) is 0 Å². The summed E-state index contributed by atoms with van der Waals surface area (Å²) in [4.78, 5) is 0. The van der Waals surface area contributed by atoms with Crippen molar-refractivity contribution < 1.29 is 8.81 Å². The average Bonchev–Trinajstić information content (AvgIpc) is 2.76. The Morgan fingerprint density at radius 1 is 1.25 bits per heavy atom. The highest BCUT2D eigenvalue weighted by Crippen LogP contribution is 2.08. The minimum absolute atomic E-state index is 0.214. The van der Waals surface area contributed by atoms with E-state index in [1.54, 1.807) is 12.1 Å². The molecule has 1 aromatic heterocycles. The van der Waals surface area contributed by atoms with Gasteiger partial charge in [0.1, 0.15) is 5.82 Å². The number of halogens is 1. The first-order valence-corrected chi connectivity index (χ1v) is 4.78. The van der Waals surface area contributed by atoms with E-state index in [0.29, 0.717) is 18.5 Å². The van der Waals surface area contributed by atoms with Gasteiger partial charge in [-0.15, -0.1) is 5.10 Å². The Morgan fingerprint density at radius 3 is 2.62 bits per heavy atom. The van der Waals surface area contributed by atoms with Gasteiger partial charge >= 0.3 is 6.01 Å². The van der Waals surface area contributed by atoms with Gasteiger partial charge in [0.05, 0.1) is 6.54 Å². The lowest BCUT2D eigenvalue weighted by Gasteiger charge is -2.00. The molecule has 2 rings (SSSR count). The van der Waals surface area contributed by atoms with Crippen LogP contribution in [0.3, 0.4) is 0 Å². The summed E-state index contributed by atoms with van der Waals surface area (Å²) in [5.41, 5.74) is 6.25. The fourth-order valence-electron chi connectivity index (χ4n) is 1.19. The van der Waals surface area contributed by atoms with E-state index in [1.165, 1.54) is 12.1 Å². The number of hydrogen-bond acceptors (Lipinski definition) is 5. The van der Waals surface area contributed by atoms with Gasteiger partial charge in [0, 0.05) is 6.54 Å². The second-order valence-electron chi connectivity index (χ2n) is 3.19. The third-order valence-electron chi connectivity index (χ3n) is 2.00. The second-order valence-corrected chi connectivity index (χ2v) is 3.19. The predicted molar refractivity (Wildman–Crippen MR) is 55.9 cm³/mol. The fourth-order valence-corrected chi connectivity index (χ4v) is 1.19.